The van der Waals surface area contributed by atoms with Crippen LogP contribution in [0.15, 0.2) is 4.90 Å². The monoisotopic (exact) mass is 310 g/mol. The van der Waals surface area contributed by atoms with E-state index in [1.807, 2.05) is 0 Å². The molecule has 1 rings (SSSR count). The Morgan fingerprint density at radius 2 is 1.84 bits per heavy atom. The standard InChI is InChI=1S/C9H18N4O4S2/c1-7-8(9(10)11-13(7)3)19(16,17)12(2)5-6-18(4,14)15/h5-6H2,1-4H3,(H2,10,11). The maximum Gasteiger partial charge on any atom is 0.248 e. The van der Waals surface area contributed by atoms with E-state index in [4.69, 9.17) is 5.73 Å². The van der Waals surface area contributed by atoms with Crippen LogP contribution in [0.4, 0.5) is 5.82 Å². The van der Waals surface area contributed by atoms with Gasteiger partial charge in [0.2, 0.25) is 10.0 Å². The van der Waals surface area contributed by atoms with Crippen molar-refractivity contribution in [2.24, 2.45) is 7.05 Å². The molecular formula is C9H18N4O4S2. The van der Waals surface area contributed by atoms with Crippen LogP contribution in [-0.4, -0.2) is 56.5 Å². The third-order valence-corrected chi connectivity index (χ3v) is 5.70. The number of sulfone groups is 1. The van der Waals surface area contributed by atoms with Gasteiger partial charge in [0.1, 0.15) is 14.7 Å². The number of hydrogen-bond acceptors (Lipinski definition) is 6. The molecule has 8 nitrogen and oxygen atoms in total. The second-order valence-corrected chi connectivity index (χ2v) is 8.62. The second-order valence-electron chi connectivity index (χ2n) is 4.38. The third-order valence-electron chi connectivity index (χ3n) is 2.75. The number of nitrogen functional groups attached to an aromatic ring is 1. The topological polar surface area (TPSA) is 115 Å². The van der Waals surface area contributed by atoms with E-state index >= 15 is 0 Å². The number of aryl methyl sites for hydroxylation is 1. The predicted octanol–water partition coefficient (Wildman–Crippen LogP) is -1.02. The average Bonchev–Trinajstić information content (AvgIpc) is 2.48. The summed E-state index contributed by atoms with van der Waals surface area (Å²) in [4.78, 5) is -0.0778. The minimum Gasteiger partial charge on any atom is -0.381 e. The Labute approximate surface area is 113 Å². The molecule has 0 aliphatic heterocycles. The number of sulfonamides is 1. The molecule has 0 aliphatic rings. The van der Waals surface area contributed by atoms with E-state index in [0.29, 0.717) is 5.69 Å². The predicted molar refractivity (Wildman–Crippen MR) is 71.9 cm³/mol. The Morgan fingerprint density at radius 1 is 1.32 bits per heavy atom. The minimum absolute atomic E-state index is 0.0778. The van der Waals surface area contributed by atoms with Gasteiger partial charge in [-0.2, -0.15) is 9.40 Å². The number of nitrogens with two attached hydrogens (primary N) is 1. The molecule has 1 aromatic rings. The Kier molecular flexibility index (Phi) is 4.27. The summed E-state index contributed by atoms with van der Waals surface area (Å²) in [5, 5.41) is 3.84. The smallest absolute Gasteiger partial charge is 0.248 e. The fraction of sp³-hybridized carbons (Fsp3) is 0.667. The molecule has 2 N–H and O–H groups in total. The molecule has 110 valence electrons. The summed E-state index contributed by atoms with van der Waals surface area (Å²) < 4.78 is 49.1. The Morgan fingerprint density at radius 3 is 2.21 bits per heavy atom. The highest BCUT2D eigenvalue weighted by Gasteiger charge is 2.29. The average molecular weight is 310 g/mol. The highest BCUT2D eigenvalue weighted by molar-refractivity contribution is 7.91. The summed E-state index contributed by atoms with van der Waals surface area (Å²) in [6, 6.07) is 0. The lowest BCUT2D eigenvalue weighted by molar-refractivity contribution is 0.484. The third kappa shape index (κ3) is 3.45. The molecular weight excluding hydrogens is 292 g/mol. The van der Waals surface area contributed by atoms with Crippen molar-refractivity contribution in [3.8, 4) is 0 Å². The zero-order valence-corrected chi connectivity index (χ0v) is 12.9. The van der Waals surface area contributed by atoms with Crippen molar-refractivity contribution < 1.29 is 16.8 Å². The molecule has 19 heavy (non-hydrogen) atoms. The number of anilines is 1. The molecule has 10 heteroatoms. The van der Waals surface area contributed by atoms with E-state index < -0.39 is 19.9 Å². The lowest BCUT2D eigenvalue weighted by Gasteiger charge is -2.16. The summed E-state index contributed by atoms with van der Waals surface area (Å²) in [6.45, 7) is 1.45. The molecule has 0 unspecified atom stereocenters. The van der Waals surface area contributed by atoms with Gasteiger partial charge in [-0.25, -0.2) is 16.8 Å². The van der Waals surface area contributed by atoms with Gasteiger partial charge in [-0.05, 0) is 6.92 Å². The van der Waals surface area contributed by atoms with E-state index in [9.17, 15) is 16.8 Å². The molecule has 1 aromatic heterocycles. The first-order chi connectivity index (χ1) is 8.47. The van der Waals surface area contributed by atoms with Gasteiger partial charge < -0.3 is 5.73 Å². The molecule has 0 fully saturated rings. The van der Waals surface area contributed by atoms with Crippen LogP contribution < -0.4 is 5.73 Å². The van der Waals surface area contributed by atoms with Crippen molar-refractivity contribution in [1.29, 1.82) is 0 Å². The summed E-state index contributed by atoms with van der Waals surface area (Å²) in [7, 11) is -4.18. The van der Waals surface area contributed by atoms with Crippen molar-refractivity contribution >= 4 is 25.7 Å². The molecule has 0 spiro atoms. The van der Waals surface area contributed by atoms with Crippen LogP contribution in [0.25, 0.3) is 0 Å². The van der Waals surface area contributed by atoms with Crippen LogP contribution in [-0.2, 0) is 26.9 Å². The summed E-state index contributed by atoms with van der Waals surface area (Å²) in [5.41, 5.74) is 6.00. The van der Waals surface area contributed by atoms with Gasteiger partial charge in [0.05, 0.1) is 11.4 Å². The molecule has 0 saturated carbocycles. The van der Waals surface area contributed by atoms with Crippen LogP contribution in [0.2, 0.25) is 0 Å². The van der Waals surface area contributed by atoms with Crippen molar-refractivity contribution in [3.05, 3.63) is 5.69 Å². The number of nitrogens with zero attached hydrogens (tertiary/aromatic N) is 3. The molecule has 1 heterocycles. The first-order valence-corrected chi connectivity index (χ1v) is 8.90. The normalized spacial score (nSPS) is 13.1. The summed E-state index contributed by atoms with van der Waals surface area (Å²) in [5.74, 6) is -0.340. The molecule has 0 aromatic carbocycles. The van der Waals surface area contributed by atoms with E-state index in [1.165, 1.54) is 11.7 Å². The number of aromatic nitrogens is 2. The van der Waals surface area contributed by atoms with Gasteiger partial charge in [0.25, 0.3) is 0 Å². The van der Waals surface area contributed by atoms with E-state index in [-0.39, 0.29) is 23.0 Å². The summed E-state index contributed by atoms with van der Waals surface area (Å²) >= 11 is 0. The maximum atomic E-state index is 12.3. The van der Waals surface area contributed by atoms with Gasteiger partial charge in [-0.15, -0.1) is 0 Å². The van der Waals surface area contributed by atoms with Gasteiger partial charge in [-0.3, -0.25) is 4.68 Å². The lowest BCUT2D eigenvalue weighted by Crippen LogP contribution is -2.32. The highest BCUT2D eigenvalue weighted by Crippen LogP contribution is 2.24. The lowest BCUT2D eigenvalue weighted by atomic mass is 10.5. The van der Waals surface area contributed by atoms with Gasteiger partial charge in [-0.1, -0.05) is 0 Å². The van der Waals surface area contributed by atoms with Crippen LogP contribution >= 0.6 is 0 Å². The van der Waals surface area contributed by atoms with E-state index in [2.05, 4.69) is 5.10 Å². The van der Waals surface area contributed by atoms with E-state index in [0.717, 1.165) is 10.6 Å². The maximum absolute atomic E-state index is 12.3. The fourth-order valence-corrected chi connectivity index (χ4v) is 3.68. The Hall–Kier alpha value is -1.13. The molecule has 0 radical (unpaired) electrons. The van der Waals surface area contributed by atoms with Crippen LogP contribution in [0.5, 0.6) is 0 Å². The fourth-order valence-electron chi connectivity index (χ4n) is 1.50. The minimum atomic E-state index is -3.84. The second kappa shape index (κ2) is 5.10. The van der Waals surface area contributed by atoms with Gasteiger partial charge >= 0.3 is 0 Å². The van der Waals surface area contributed by atoms with Crippen molar-refractivity contribution in [2.75, 3.05) is 31.3 Å². The van der Waals surface area contributed by atoms with E-state index in [1.54, 1.807) is 14.0 Å². The molecule has 0 atom stereocenters. The Bertz CT molecular complexity index is 675. The SMILES string of the molecule is Cc1c(S(=O)(=O)N(C)CCS(C)(=O)=O)c(N)nn1C. The Balaban J connectivity index is 3.11. The van der Waals surface area contributed by atoms with Gasteiger partial charge in [0, 0.05) is 26.9 Å². The molecule has 0 aliphatic carbocycles. The van der Waals surface area contributed by atoms with Crippen molar-refractivity contribution in [1.82, 2.24) is 14.1 Å². The summed E-state index contributed by atoms with van der Waals surface area (Å²) in [6.07, 6.45) is 1.05. The van der Waals surface area contributed by atoms with Crippen molar-refractivity contribution in [3.63, 3.8) is 0 Å². The number of rotatable bonds is 5. The first kappa shape index (κ1) is 15.9. The zero-order valence-electron chi connectivity index (χ0n) is 11.3. The molecule has 0 bridgehead atoms. The highest BCUT2D eigenvalue weighted by atomic mass is 32.2. The quantitative estimate of drug-likeness (QED) is 0.744. The zero-order chi connectivity index (χ0) is 15.0. The molecule has 0 amide bonds. The van der Waals surface area contributed by atoms with Gasteiger partial charge in [0.15, 0.2) is 5.82 Å². The van der Waals surface area contributed by atoms with Crippen molar-refractivity contribution in [2.45, 2.75) is 11.8 Å². The molecule has 0 saturated heterocycles. The first-order valence-electron chi connectivity index (χ1n) is 5.40. The largest absolute Gasteiger partial charge is 0.381 e. The number of hydrogen-bond donors (Lipinski definition) is 1. The van der Waals surface area contributed by atoms with Crippen LogP contribution in [0.1, 0.15) is 5.69 Å². The van der Waals surface area contributed by atoms with Crippen LogP contribution in [0.3, 0.4) is 0 Å². The van der Waals surface area contributed by atoms with Crippen LogP contribution in [0, 0.1) is 6.92 Å².